The molecule has 0 aromatic heterocycles. The molecule has 1 aromatic carbocycles. The molecule has 1 rings (SSSR count). The molecule has 0 aliphatic carbocycles. The van der Waals surface area contributed by atoms with Crippen molar-refractivity contribution in [1.82, 2.24) is 5.32 Å². The molecule has 1 atom stereocenters. The van der Waals surface area contributed by atoms with Gasteiger partial charge >= 0.3 is 5.97 Å². The summed E-state index contributed by atoms with van der Waals surface area (Å²) in [6.07, 6.45) is 0.435. The first-order chi connectivity index (χ1) is 10.9. The van der Waals surface area contributed by atoms with Crippen LogP contribution in [0, 0.1) is 25.7 Å². The molecule has 0 heterocycles. The molecule has 134 valence electrons. The number of benzene rings is 1. The van der Waals surface area contributed by atoms with Crippen molar-refractivity contribution in [2.24, 2.45) is 17.0 Å². The van der Waals surface area contributed by atoms with E-state index in [0.717, 1.165) is 0 Å². The van der Waals surface area contributed by atoms with Crippen LogP contribution in [0.4, 0.5) is 0 Å². The number of nitrogens with one attached hydrogen (secondary N) is 1. The van der Waals surface area contributed by atoms with Gasteiger partial charge < -0.3 is 10.4 Å². The zero-order valence-corrected chi connectivity index (χ0v) is 15.1. The van der Waals surface area contributed by atoms with Crippen LogP contribution in [0.25, 0.3) is 0 Å². The van der Waals surface area contributed by atoms with Crippen LogP contribution in [0.3, 0.4) is 0 Å². The number of amides is 1. The van der Waals surface area contributed by atoms with Crippen LogP contribution in [0.5, 0.6) is 0 Å². The van der Waals surface area contributed by atoms with Gasteiger partial charge in [0.15, 0.2) is 0 Å². The standard InChI is InChI=1S/C16H24N2O5S/c1-9(2)5-13(16(20)21)8-18-15(19)12-6-10(3)11(4)14(7-12)24(17,22)23/h6-7,9,13H,5,8H2,1-4H3,(H,18,19)(H,20,21)(H2,17,22,23). The van der Waals surface area contributed by atoms with E-state index in [0.29, 0.717) is 17.5 Å². The molecule has 1 amide bonds. The number of primary sulfonamides is 1. The molecule has 0 aliphatic rings. The van der Waals surface area contributed by atoms with Gasteiger partial charge in [-0.2, -0.15) is 0 Å². The maximum absolute atomic E-state index is 12.3. The van der Waals surface area contributed by atoms with Crippen LogP contribution < -0.4 is 10.5 Å². The quantitative estimate of drug-likeness (QED) is 0.681. The third kappa shape index (κ3) is 5.31. The predicted octanol–water partition coefficient (Wildman–Crippen LogP) is 1.43. The van der Waals surface area contributed by atoms with Crippen molar-refractivity contribution in [3.63, 3.8) is 0 Å². The molecule has 0 aliphatic heterocycles. The lowest BCUT2D eigenvalue weighted by Crippen LogP contribution is -2.34. The number of carboxylic acids is 1. The largest absolute Gasteiger partial charge is 0.481 e. The van der Waals surface area contributed by atoms with Crippen LogP contribution >= 0.6 is 0 Å². The number of rotatable bonds is 7. The number of aliphatic carboxylic acids is 1. The number of carbonyl (C=O) groups excluding carboxylic acids is 1. The Labute approximate surface area is 142 Å². The first-order valence-corrected chi connectivity index (χ1v) is 9.13. The second-order valence-electron chi connectivity index (χ2n) is 6.34. The van der Waals surface area contributed by atoms with Gasteiger partial charge in [0.25, 0.3) is 5.91 Å². The van der Waals surface area contributed by atoms with Crippen LogP contribution in [0.15, 0.2) is 17.0 Å². The molecular weight excluding hydrogens is 332 g/mol. The molecule has 0 fully saturated rings. The third-order valence-electron chi connectivity index (χ3n) is 3.80. The monoisotopic (exact) mass is 356 g/mol. The first-order valence-electron chi connectivity index (χ1n) is 7.58. The fraction of sp³-hybridized carbons (Fsp3) is 0.500. The minimum Gasteiger partial charge on any atom is -0.481 e. The highest BCUT2D eigenvalue weighted by Crippen LogP contribution is 2.20. The molecule has 24 heavy (non-hydrogen) atoms. The van der Waals surface area contributed by atoms with Gasteiger partial charge in [-0.05, 0) is 49.4 Å². The average molecular weight is 356 g/mol. The summed E-state index contributed by atoms with van der Waals surface area (Å²) in [4.78, 5) is 23.4. The molecule has 8 heteroatoms. The minimum atomic E-state index is -3.95. The maximum atomic E-state index is 12.3. The summed E-state index contributed by atoms with van der Waals surface area (Å²) in [6, 6.07) is 2.77. The Balaban J connectivity index is 3.00. The molecule has 1 unspecified atom stereocenters. The number of hydrogen-bond donors (Lipinski definition) is 3. The Morgan fingerprint density at radius 2 is 1.83 bits per heavy atom. The van der Waals surface area contributed by atoms with E-state index in [1.807, 2.05) is 13.8 Å². The van der Waals surface area contributed by atoms with Crippen LogP contribution in [-0.2, 0) is 14.8 Å². The highest BCUT2D eigenvalue weighted by Gasteiger charge is 2.21. The summed E-state index contributed by atoms with van der Waals surface area (Å²) in [6.45, 7) is 7.07. The van der Waals surface area contributed by atoms with Crippen molar-refractivity contribution in [3.05, 3.63) is 28.8 Å². The zero-order chi connectivity index (χ0) is 18.7. The number of nitrogens with two attached hydrogens (primary N) is 1. The van der Waals surface area contributed by atoms with Gasteiger partial charge in [0.05, 0.1) is 10.8 Å². The average Bonchev–Trinajstić information content (AvgIpc) is 2.43. The van der Waals surface area contributed by atoms with E-state index in [9.17, 15) is 23.1 Å². The highest BCUT2D eigenvalue weighted by molar-refractivity contribution is 7.89. The van der Waals surface area contributed by atoms with Crippen molar-refractivity contribution >= 4 is 21.9 Å². The van der Waals surface area contributed by atoms with Gasteiger partial charge in [0, 0.05) is 12.1 Å². The number of aryl methyl sites for hydroxylation is 1. The Bertz CT molecular complexity index is 741. The van der Waals surface area contributed by atoms with E-state index in [1.165, 1.54) is 6.07 Å². The molecule has 0 saturated heterocycles. The zero-order valence-electron chi connectivity index (χ0n) is 14.3. The van der Waals surface area contributed by atoms with Crippen LogP contribution in [-0.4, -0.2) is 31.9 Å². The Kier molecular flexibility index (Phi) is 6.50. The van der Waals surface area contributed by atoms with Crippen molar-refractivity contribution in [2.75, 3.05) is 6.54 Å². The molecule has 0 saturated carbocycles. The topological polar surface area (TPSA) is 127 Å². The maximum Gasteiger partial charge on any atom is 0.308 e. The lowest BCUT2D eigenvalue weighted by Gasteiger charge is -2.16. The van der Waals surface area contributed by atoms with E-state index in [-0.39, 0.29) is 22.9 Å². The summed E-state index contributed by atoms with van der Waals surface area (Å²) >= 11 is 0. The van der Waals surface area contributed by atoms with E-state index in [1.54, 1.807) is 19.9 Å². The number of carbonyl (C=O) groups is 2. The number of hydrogen-bond acceptors (Lipinski definition) is 4. The molecule has 0 spiro atoms. The summed E-state index contributed by atoms with van der Waals surface area (Å²) in [5.74, 6) is -2.02. The van der Waals surface area contributed by atoms with Crippen LogP contribution in [0.1, 0.15) is 41.8 Å². The molecule has 7 nitrogen and oxygen atoms in total. The number of carboxylic acid groups (broad SMARTS) is 1. The van der Waals surface area contributed by atoms with Gasteiger partial charge in [0.2, 0.25) is 10.0 Å². The Morgan fingerprint density at radius 3 is 2.29 bits per heavy atom. The number of sulfonamides is 1. The fourth-order valence-corrected chi connectivity index (χ4v) is 3.29. The van der Waals surface area contributed by atoms with Crippen molar-refractivity contribution in [3.8, 4) is 0 Å². The third-order valence-corrected chi connectivity index (χ3v) is 4.84. The highest BCUT2D eigenvalue weighted by atomic mass is 32.2. The van der Waals surface area contributed by atoms with Crippen LogP contribution in [0.2, 0.25) is 0 Å². The van der Waals surface area contributed by atoms with E-state index in [4.69, 9.17) is 5.14 Å². The van der Waals surface area contributed by atoms with Crippen molar-refractivity contribution < 1.29 is 23.1 Å². The second-order valence-corrected chi connectivity index (χ2v) is 7.87. The van der Waals surface area contributed by atoms with Gasteiger partial charge in [-0.15, -0.1) is 0 Å². The van der Waals surface area contributed by atoms with E-state index < -0.39 is 27.8 Å². The molecule has 0 bridgehead atoms. The van der Waals surface area contributed by atoms with Gasteiger partial charge in [-0.25, -0.2) is 13.6 Å². The Morgan fingerprint density at radius 1 is 1.25 bits per heavy atom. The SMILES string of the molecule is Cc1cc(C(=O)NCC(CC(C)C)C(=O)O)cc(S(N)(=O)=O)c1C. The van der Waals surface area contributed by atoms with Gasteiger partial charge in [0.1, 0.15) is 0 Å². The van der Waals surface area contributed by atoms with E-state index in [2.05, 4.69) is 5.32 Å². The molecular formula is C16H24N2O5S. The fourth-order valence-electron chi connectivity index (χ4n) is 2.41. The van der Waals surface area contributed by atoms with Gasteiger partial charge in [-0.1, -0.05) is 13.8 Å². The summed E-state index contributed by atoms with van der Waals surface area (Å²) < 4.78 is 23.3. The predicted molar refractivity (Wildman–Crippen MR) is 90.2 cm³/mol. The summed E-state index contributed by atoms with van der Waals surface area (Å²) in [5.41, 5.74) is 1.23. The molecule has 0 radical (unpaired) electrons. The summed E-state index contributed by atoms with van der Waals surface area (Å²) in [5, 5.41) is 16.9. The lowest BCUT2D eigenvalue weighted by atomic mass is 9.97. The summed E-state index contributed by atoms with van der Waals surface area (Å²) in [7, 11) is -3.95. The minimum absolute atomic E-state index is 0.0238. The van der Waals surface area contributed by atoms with Crippen molar-refractivity contribution in [1.29, 1.82) is 0 Å². The first kappa shape index (κ1) is 20.1. The molecule has 1 aromatic rings. The molecule has 4 N–H and O–H groups in total. The Hall–Kier alpha value is -1.93. The van der Waals surface area contributed by atoms with E-state index >= 15 is 0 Å². The smallest absolute Gasteiger partial charge is 0.308 e. The second kappa shape index (κ2) is 7.76. The normalized spacial score (nSPS) is 12.9. The van der Waals surface area contributed by atoms with Crippen molar-refractivity contribution in [2.45, 2.75) is 39.0 Å². The van der Waals surface area contributed by atoms with Gasteiger partial charge in [-0.3, -0.25) is 9.59 Å². The lowest BCUT2D eigenvalue weighted by molar-refractivity contribution is -0.142.